The quantitative estimate of drug-likeness (QED) is 0.365. The Labute approximate surface area is 48.4 Å². The van der Waals surface area contributed by atoms with Gasteiger partial charge in [-0.1, -0.05) is 0 Å². The lowest BCUT2D eigenvalue weighted by Gasteiger charge is -2.02. The van der Waals surface area contributed by atoms with Crippen LogP contribution >= 0.6 is 0 Å². The molecule has 0 aromatic carbocycles. The standard InChI is InChI=1S/C5H10N2O/c6-7-2-1-5(3-7)4-8/h4-5H,1-3,6H2. The van der Waals surface area contributed by atoms with Gasteiger partial charge < -0.3 is 4.79 Å². The zero-order valence-corrected chi connectivity index (χ0v) is 4.71. The van der Waals surface area contributed by atoms with E-state index in [1.54, 1.807) is 5.01 Å². The van der Waals surface area contributed by atoms with Crippen molar-refractivity contribution in [2.45, 2.75) is 6.42 Å². The van der Waals surface area contributed by atoms with Crippen molar-refractivity contribution in [2.75, 3.05) is 13.1 Å². The third kappa shape index (κ3) is 1.05. The maximum atomic E-state index is 10.1. The summed E-state index contributed by atoms with van der Waals surface area (Å²) >= 11 is 0. The molecule has 8 heavy (non-hydrogen) atoms. The fraction of sp³-hybridized carbons (Fsp3) is 0.800. The number of aldehydes is 1. The predicted octanol–water partition coefficient (Wildman–Crippen LogP) is -0.619. The molecule has 3 heteroatoms. The molecule has 0 radical (unpaired) electrons. The molecule has 1 rings (SSSR count). The van der Waals surface area contributed by atoms with Crippen molar-refractivity contribution in [1.82, 2.24) is 5.01 Å². The van der Waals surface area contributed by atoms with Gasteiger partial charge in [0.25, 0.3) is 0 Å². The largest absolute Gasteiger partial charge is 0.303 e. The molecule has 1 aliphatic rings. The van der Waals surface area contributed by atoms with Gasteiger partial charge in [0.2, 0.25) is 0 Å². The van der Waals surface area contributed by atoms with Crippen molar-refractivity contribution in [3.05, 3.63) is 0 Å². The number of carbonyl (C=O) groups excluding carboxylic acids is 1. The van der Waals surface area contributed by atoms with E-state index in [4.69, 9.17) is 5.84 Å². The highest BCUT2D eigenvalue weighted by Crippen LogP contribution is 2.08. The summed E-state index contributed by atoms with van der Waals surface area (Å²) in [6.45, 7) is 1.60. The summed E-state index contributed by atoms with van der Waals surface area (Å²) in [5.74, 6) is 5.57. The molecule has 1 heterocycles. The maximum Gasteiger partial charge on any atom is 0.124 e. The lowest BCUT2D eigenvalue weighted by Crippen LogP contribution is -2.28. The second kappa shape index (κ2) is 2.24. The number of nitrogens with zero attached hydrogens (tertiary/aromatic N) is 1. The summed E-state index contributed by atoms with van der Waals surface area (Å²) in [7, 11) is 0. The van der Waals surface area contributed by atoms with E-state index in [1.165, 1.54) is 0 Å². The van der Waals surface area contributed by atoms with Gasteiger partial charge in [0.05, 0.1) is 0 Å². The number of rotatable bonds is 1. The SMILES string of the molecule is NN1CCC(C=O)C1. The fourth-order valence-electron chi connectivity index (χ4n) is 0.927. The van der Waals surface area contributed by atoms with Gasteiger partial charge >= 0.3 is 0 Å². The van der Waals surface area contributed by atoms with Crippen molar-refractivity contribution >= 4 is 6.29 Å². The lowest BCUT2D eigenvalue weighted by atomic mass is 10.1. The molecule has 1 atom stereocenters. The number of hydrogen-bond donors (Lipinski definition) is 1. The molecule has 0 saturated carbocycles. The van der Waals surface area contributed by atoms with E-state index in [0.29, 0.717) is 0 Å². The Balaban J connectivity index is 2.32. The van der Waals surface area contributed by atoms with Crippen molar-refractivity contribution in [1.29, 1.82) is 0 Å². The van der Waals surface area contributed by atoms with Gasteiger partial charge in [-0.2, -0.15) is 0 Å². The Bertz CT molecular complexity index is 94.4. The first-order chi connectivity index (χ1) is 3.83. The first-order valence-electron chi connectivity index (χ1n) is 2.78. The topological polar surface area (TPSA) is 46.3 Å². The van der Waals surface area contributed by atoms with Crippen molar-refractivity contribution in [3.8, 4) is 0 Å². The molecule has 46 valence electrons. The van der Waals surface area contributed by atoms with Crippen LogP contribution in [0.5, 0.6) is 0 Å². The molecule has 1 saturated heterocycles. The molecular weight excluding hydrogens is 104 g/mol. The van der Waals surface area contributed by atoms with E-state index >= 15 is 0 Å². The molecule has 0 bridgehead atoms. The summed E-state index contributed by atoms with van der Waals surface area (Å²) in [6.07, 6.45) is 1.91. The van der Waals surface area contributed by atoms with E-state index in [-0.39, 0.29) is 5.92 Å². The summed E-state index contributed by atoms with van der Waals surface area (Å²) in [5.41, 5.74) is 0. The van der Waals surface area contributed by atoms with Crippen LogP contribution in [-0.4, -0.2) is 24.4 Å². The van der Waals surface area contributed by atoms with Crippen molar-refractivity contribution < 1.29 is 4.79 Å². The summed E-state index contributed by atoms with van der Waals surface area (Å²) in [4.78, 5) is 10.1. The van der Waals surface area contributed by atoms with Crippen LogP contribution < -0.4 is 5.84 Å². The van der Waals surface area contributed by atoms with Gasteiger partial charge in [-0.05, 0) is 6.42 Å². The third-order valence-corrected chi connectivity index (χ3v) is 1.45. The highest BCUT2D eigenvalue weighted by atomic mass is 16.1. The van der Waals surface area contributed by atoms with Crippen LogP contribution in [0.2, 0.25) is 0 Å². The van der Waals surface area contributed by atoms with Crippen LogP contribution in [0.15, 0.2) is 0 Å². The first-order valence-corrected chi connectivity index (χ1v) is 2.78. The average molecular weight is 114 g/mol. The third-order valence-electron chi connectivity index (χ3n) is 1.45. The Kier molecular flexibility index (Phi) is 1.60. The summed E-state index contributed by atoms with van der Waals surface area (Å²) < 4.78 is 0. The Hall–Kier alpha value is -0.410. The Morgan fingerprint density at radius 2 is 2.50 bits per heavy atom. The van der Waals surface area contributed by atoms with E-state index in [1.807, 2.05) is 0 Å². The van der Waals surface area contributed by atoms with Crippen LogP contribution in [0.3, 0.4) is 0 Å². The van der Waals surface area contributed by atoms with Crippen LogP contribution in [0.4, 0.5) is 0 Å². The normalized spacial score (nSPS) is 30.9. The number of hydrogen-bond acceptors (Lipinski definition) is 3. The molecule has 2 N–H and O–H groups in total. The number of nitrogens with two attached hydrogens (primary N) is 1. The van der Waals surface area contributed by atoms with Gasteiger partial charge in [-0.15, -0.1) is 0 Å². The van der Waals surface area contributed by atoms with Gasteiger partial charge in [-0.25, -0.2) is 5.01 Å². The zero-order valence-electron chi connectivity index (χ0n) is 4.71. The monoisotopic (exact) mass is 114 g/mol. The van der Waals surface area contributed by atoms with Gasteiger partial charge in [-0.3, -0.25) is 5.84 Å². The van der Waals surface area contributed by atoms with Crippen molar-refractivity contribution in [3.63, 3.8) is 0 Å². The first kappa shape index (κ1) is 5.72. The smallest absolute Gasteiger partial charge is 0.124 e. The second-order valence-electron chi connectivity index (χ2n) is 2.18. The Morgan fingerprint density at radius 1 is 1.75 bits per heavy atom. The van der Waals surface area contributed by atoms with Crippen LogP contribution in [0.25, 0.3) is 0 Å². The van der Waals surface area contributed by atoms with Gasteiger partial charge in [0, 0.05) is 19.0 Å². The van der Waals surface area contributed by atoms with Crippen LogP contribution in [0, 0.1) is 5.92 Å². The molecule has 0 aromatic heterocycles. The van der Waals surface area contributed by atoms with Gasteiger partial charge in [0.1, 0.15) is 6.29 Å². The van der Waals surface area contributed by atoms with Gasteiger partial charge in [0.15, 0.2) is 0 Å². The molecular formula is C5H10N2O. The molecule has 3 nitrogen and oxygen atoms in total. The molecule has 1 aliphatic heterocycles. The summed E-state index contributed by atoms with van der Waals surface area (Å²) in [5, 5.41) is 1.68. The Morgan fingerprint density at radius 3 is 2.75 bits per heavy atom. The molecule has 0 aromatic rings. The molecule has 1 unspecified atom stereocenters. The van der Waals surface area contributed by atoms with Crippen LogP contribution in [0.1, 0.15) is 6.42 Å². The zero-order chi connectivity index (χ0) is 5.98. The van der Waals surface area contributed by atoms with E-state index in [0.717, 1.165) is 25.8 Å². The minimum absolute atomic E-state index is 0.194. The highest BCUT2D eigenvalue weighted by molar-refractivity contribution is 5.54. The van der Waals surface area contributed by atoms with Crippen molar-refractivity contribution in [2.24, 2.45) is 11.8 Å². The van der Waals surface area contributed by atoms with E-state index in [9.17, 15) is 4.79 Å². The molecule has 1 fully saturated rings. The molecule has 0 aliphatic carbocycles. The minimum Gasteiger partial charge on any atom is -0.303 e. The number of hydrazine groups is 1. The van der Waals surface area contributed by atoms with Crippen LogP contribution in [-0.2, 0) is 4.79 Å². The second-order valence-corrected chi connectivity index (χ2v) is 2.18. The maximum absolute atomic E-state index is 10.1. The molecule has 0 spiro atoms. The fourth-order valence-corrected chi connectivity index (χ4v) is 0.927. The van der Waals surface area contributed by atoms with E-state index < -0.39 is 0 Å². The molecule has 0 amide bonds. The average Bonchev–Trinajstić information content (AvgIpc) is 2.14. The highest BCUT2D eigenvalue weighted by Gasteiger charge is 2.18. The predicted molar refractivity (Wildman–Crippen MR) is 29.9 cm³/mol. The van der Waals surface area contributed by atoms with E-state index in [2.05, 4.69) is 0 Å². The number of carbonyl (C=O) groups is 1. The lowest BCUT2D eigenvalue weighted by molar-refractivity contribution is -0.110. The summed E-state index contributed by atoms with van der Waals surface area (Å²) in [6, 6.07) is 0. The minimum atomic E-state index is 0.194.